The molecule has 2 aromatic heterocycles. The molecule has 34 heavy (non-hydrogen) atoms. The van der Waals surface area contributed by atoms with Crippen LogP contribution < -0.4 is 5.32 Å². The number of aromatic nitrogens is 2. The lowest BCUT2D eigenvalue weighted by atomic mass is 10.1. The maximum atomic E-state index is 12.5. The van der Waals surface area contributed by atoms with Crippen molar-refractivity contribution in [1.82, 2.24) is 9.97 Å². The van der Waals surface area contributed by atoms with Crippen molar-refractivity contribution in [2.75, 3.05) is 5.32 Å². The molecule has 0 aliphatic carbocycles. The van der Waals surface area contributed by atoms with E-state index in [2.05, 4.69) is 15.3 Å². The van der Waals surface area contributed by atoms with Gasteiger partial charge in [-0.1, -0.05) is 36.4 Å². The average molecular weight is 480 g/mol. The van der Waals surface area contributed by atoms with Gasteiger partial charge in [0.25, 0.3) is 0 Å². The van der Waals surface area contributed by atoms with Gasteiger partial charge in [-0.25, -0.2) is 14.8 Å². The second-order valence-corrected chi connectivity index (χ2v) is 9.56. The van der Waals surface area contributed by atoms with Gasteiger partial charge in [0.15, 0.2) is 0 Å². The molecule has 1 N–H and O–H groups in total. The maximum Gasteiger partial charge on any atom is 0.412 e. The number of carbonyl (C=O) groups is 2. The van der Waals surface area contributed by atoms with Crippen LogP contribution in [0, 0.1) is 0 Å². The molecule has 2 heterocycles. The summed E-state index contributed by atoms with van der Waals surface area (Å²) in [4.78, 5) is 33.5. The Hall–Kier alpha value is -3.39. The van der Waals surface area contributed by atoms with Crippen LogP contribution in [0.4, 0.5) is 10.5 Å². The lowest BCUT2D eigenvalue weighted by molar-refractivity contribution is -0.145. The van der Waals surface area contributed by atoms with Gasteiger partial charge >= 0.3 is 12.1 Å². The van der Waals surface area contributed by atoms with E-state index in [1.54, 1.807) is 33.2 Å². The van der Waals surface area contributed by atoms with E-state index in [0.717, 1.165) is 16.2 Å². The molecule has 0 fully saturated rings. The molecule has 0 saturated carbocycles. The minimum Gasteiger partial charge on any atom is -0.461 e. The number of benzene rings is 1. The topological polar surface area (TPSA) is 90.4 Å². The third-order valence-corrected chi connectivity index (χ3v) is 5.49. The first-order valence-electron chi connectivity index (χ1n) is 11.1. The van der Waals surface area contributed by atoms with E-state index in [0.29, 0.717) is 23.6 Å². The second kappa shape index (κ2) is 12.2. The SMILES string of the molecule is CC(C)(C)OC(=O)Nc1c(CCCC(=O)OCc2ccccc2)ccnc1Sc1ccccn1. The summed E-state index contributed by atoms with van der Waals surface area (Å²) in [5.74, 6) is -0.261. The molecule has 0 saturated heterocycles. The number of ether oxygens (including phenoxy) is 2. The number of aryl methyl sites for hydroxylation is 1. The van der Waals surface area contributed by atoms with Gasteiger partial charge in [-0.15, -0.1) is 0 Å². The summed E-state index contributed by atoms with van der Waals surface area (Å²) in [6, 6.07) is 17.0. The van der Waals surface area contributed by atoms with Crippen LogP contribution in [0.5, 0.6) is 0 Å². The van der Waals surface area contributed by atoms with Crippen molar-refractivity contribution >= 4 is 29.5 Å². The van der Waals surface area contributed by atoms with Crippen molar-refractivity contribution in [2.24, 2.45) is 0 Å². The molecule has 0 unspecified atom stereocenters. The van der Waals surface area contributed by atoms with Gasteiger partial charge in [-0.2, -0.15) is 0 Å². The van der Waals surface area contributed by atoms with Crippen LogP contribution in [-0.4, -0.2) is 27.6 Å². The summed E-state index contributed by atoms with van der Waals surface area (Å²) < 4.78 is 10.8. The lowest BCUT2D eigenvalue weighted by Crippen LogP contribution is -2.27. The summed E-state index contributed by atoms with van der Waals surface area (Å²) in [5.41, 5.74) is 1.73. The molecular formula is C26H29N3O4S. The molecule has 1 amide bonds. The molecule has 178 valence electrons. The van der Waals surface area contributed by atoms with Gasteiger partial charge < -0.3 is 9.47 Å². The minimum absolute atomic E-state index is 0.255. The summed E-state index contributed by atoms with van der Waals surface area (Å²) in [5, 5.41) is 4.21. The number of nitrogens with one attached hydrogen (secondary N) is 1. The van der Waals surface area contributed by atoms with Crippen LogP contribution in [0.3, 0.4) is 0 Å². The van der Waals surface area contributed by atoms with Gasteiger partial charge in [0.05, 0.1) is 5.69 Å². The lowest BCUT2D eigenvalue weighted by Gasteiger charge is -2.21. The molecule has 0 aliphatic rings. The van der Waals surface area contributed by atoms with Gasteiger partial charge in [-0.3, -0.25) is 10.1 Å². The Balaban J connectivity index is 1.67. The standard InChI is InChI=1S/C26H29N3O4S/c1-26(2,3)33-25(31)29-23-20(15-17-28-24(23)34-21-13-7-8-16-27-21)12-9-14-22(30)32-18-19-10-5-4-6-11-19/h4-8,10-11,13,15-17H,9,12,14,18H2,1-3H3,(H,29,31). The molecule has 3 rings (SSSR count). The highest BCUT2D eigenvalue weighted by Crippen LogP contribution is 2.33. The van der Waals surface area contributed by atoms with Crippen molar-refractivity contribution < 1.29 is 19.1 Å². The van der Waals surface area contributed by atoms with Crippen LogP contribution in [0.1, 0.15) is 44.7 Å². The van der Waals surface area contributed by atoms with Gasteiger partial charge in [0, 0.05) is 18.8 Å². The predicted octanol–water partition coefficient (Wildman–Crippen LogP) is 6.04. The zero-order valence-corrected chi connectivity index (χ0v) is 20.4. The van der Waals surface area contributed by atoms with E-state index in [9.17, 15) is 9.59 Å². The number of hydrogen-bond donors (Lipinski definition) is 1. The van der Waals surface area contributed by atoms with Crippen molar-refractivity contribution in [3.05, 3.63) is 78.1 Å². The van der Waals surface area contributed by atoms with E-state index in [4.69, 9.17) is 9.47 Å². The van der Waals surface area contributed by atoms with Gasteiger partial charge in [0.2, 0.25) is 0 Å². The van der Waals surface area contributed by atoms with E-state index < -0.39 is 11.7 Å². The third kappa shape index (κ3) is 8.51. The number of pyridine rings is 2. The fourth-order valence-electron chi connectivity index (χ4n) is 3.05. The van der Waals surface area contributed by atoms with Crippen LogP contribution in [-0.2, 0) is 27.3 Å². The summed E-state index contributed by atoms with van der Waals surface area (Å²) in [6.45, 7) is 5.68. The second-order valence-electron chi connectivity index (χ2n) is 8.55. The Bertz CT molecular complexity index is 1090. The summed E-state index contributed by atoms with van der Waals surface area (Å²) in [7, 11) is 0. The molecule has 7 nitrogen and oxygen atoms in total. The van der Waals surface area contributed by atoms with Crippen molar-refractivity contribution in [1.29, 1.82) is 0 Å². The number of hydrogen-bond acceptors (Lipinski definition) is 7. The normalized spacial score (nSPS) is 11.0. The number of amides is 1. The fourth-order valence-corrected chi connectivity index (χ4v) is 3.90. The number of carbonyl (C=O) groups excluding carboxylic acids is 2. The zero-order chi connectivity index (χ0) is 24.4. The zero-order valence-electron chi connectivity index (χ0n) is 19.6. The minimum atomic E-state index is -0.636. The van der Waals surface area contributed by atoms with Gasteiger partial charge in [-0.05, 0) is 74.7 Å². The van der Waals surface area contributed by atoms with Crippen molar-refractivity contribution in [3.8, 4) is 0 Å². The Kier molecular flexibility index (Phi) is 9.04. The fraction of sp³-hybridized carbons (Fsp3) is 0.308. The largest absolute Gasteiger partial charge is 0.461 e. The van der Waals surface area contributed by atoms with E-state index in [1.807, 2.05) is 54.6 Å². The van der Waals surface area contributed by atoms with E-state index in [1.165, 1.54) is 11.8 Å². The molecule has 0 bridgehead atoms. The summed E-state index contributed by atoms with van der Waals surface area (Å²) in [6.07, 6.45) is 4.22. The predicted molar refractivity (Wildman–Crippen MR) is 132 cm³/mol. The highest BCUT2D eigenvalue weighted by molar-refractivity contribution is 7.99. The average Bonchev–Trinajstić information content (AvgIpc) is 2.80. The van der Waals surface area contributed by atoms with Crippen molar-refractivity contribution in [3.63, 3.8) is 0 Å². The van der Waals surface area contributed by atoms with Crippen LogP contribution >= 0.6 is 11.8 Å². The van der Waals surface area contributed by atoms with E-state index in [-0.39, 0.29) is 19.0 Å². The highest BCUT2D eigenvalue weighted by Gasteiger charge is 2.20. The van der Waals surface area contributed by atoms with Crippen LogP contribution in [0.25, 0.3) is 0 Å². The van der Waals surface area contributed by atoms with Crippen molar-refractivity contribution in [2.45, 2.75) is 62.3 Å². The van der Waals surface area contributed by atoms with Crippen LogP contribution in [0.2, 0.25) is 0 Å². The molecule has 3 aromatic rings. The molecular weight excluding hydrogens is 450 g/mol. The Morgan fingerprint density at radius 3 is 2.44 bits per heavy atom. The summed E-state index contributed by atoms with van der Waals surface area (Å²) >= 11 is 1.35. The molecule has 0 radical (unpaired) electrons. The first-order valence-corrected chi connectivity index (χ1v) is 11.9. The molecule has 8 heteroatoms. The molecule has 0 atom stereocenters. The molecule has 1 aromatic carbocycles. The van der Waals surface area contributed by atoms with E-state index >= 15 is 0 Å². The Morgan fingerprint density at radius 1 is 0.971 bits per heavy atom. The Morgan fingerprint density at radius 2 is 1.74 bits per heavy atom. The quantitative estimate of drug-likeness (QED) is 0.374. The molecule has 0 aliphatic heterocycles. The Labute approximate surface area is 204 Å². The monoisotopic (exact) mass is 479 g/mol. The number of nitrogens with zero attached hydrogens (tertiary/aromatic N) is 2. The van der Waals surface area contributed by atoms with Gasteiger partial charge in [0.1, 0.15) is 22.3 Å². The smallest absolute Gasteiger partial charge is 0.412 e. The number of rotatable bonds is 9. The third-order valence-electron chi connectivity index (χ3n) is 4.54. The highest BCUT2D eigenvalue weighted by atomic mass is 32.2. The molecule has 0 spiro atoms. The first kappa shape index (κ1) is 25.2. The maximum absolute atomic E-state index is 12.5. The number of anilines is 1. The van der Waals surface area contributed by atoms with Crippen LogP contribution in [0.15, 0.2) is 77.0 Å². The number of esters is 1. The first-order chi connectivity index (χ1) is 16.3.